The van der Waals surface area contributed by atoms with Crippen LogP contribution < -0.4 is 0 Å². The quantitative estimate of drug-likeness (QED) is 0.858. The lowest BCUT2D eigenvalue weighted by molar-refractivity contribution is 0.145. The molecule has 2 heterocycles. The van der Waals surface area contributed by atoms with Crippen LogP contribution in [0.2, 0.25) is 5.02 Å². The molecule has 0 N–H and O–H groups in total. The zero-order chi connectivity index (χ0) is 15.0. The third kappa shape index (κ3) is 2.96. The summed E-state index contributed by atoms with van der Waals surface area (Å²) in [5.41, 5.74) is 2.62. The molecule has 1 fully saturated rings. The van der Waals surface area contributed by atoms with Crippen LogP contribution in [0.1, 0.15) is 25.6 Å². The van der Waals surface area contributed by atoms with Gasteiger partial charge in [-0.3, -0.25) is 4.90 Å². The van der Waals surface area contributed by atoms with Crippen LogP contribution >= 0.6 is 11.6 Å². The number of hydrogen-bond donors (Lipinski definition) is 0. The van der Waals surface area contributed by atoms with Crippen LogP contribution in [-0.4, -0.2) is 47.6 Å². The second-order valence-electron chi connectivity index (χ2n) is 6.35. The molecule has 1 saturated heterocycles. The summed E-state index contributed by atoms with van der Waals surface area (Å²) in [6.45, 7) is 10.1. The fourth-order valence-electron chi connectivity index (χ4n) is 3.24. The lowest BCUT2D eigenvalue weighted by atomic mass is 10.2. The summed E-state index contributed by atoms with van der Waals surface area (Å²) in [5, 5.41) is 2.03. The molecule has 0 spiro atoms. The van der Waals surface area contributed by atoms with Gasteiger partial charge in [0.1, 0.15) is 0 Å². The van der Waals surface area contributed by atoms with E-state index in [2.05, 4.69) is 47.4 Å². The van der Waals surface area contributed by atoms with Gasteiger partial charge in [0.15, 0.2) is 0 Å². The van der Waals surface area contributed by atoms with Gasteiger partial charge in [0.25, 0.3) is 0 Å². The zero-order valence-corrected chi connectivity index (χ0v) is 13.9. The maximum absolute atomic E-state index is 6.38. The number of halogens is 1. The average molecular weight is 306 g/mol. The van der Waals surface area contributed by atoms with E-state index in [0.717, 1.165) is 37.7 Å². The lowest BCUT2D eigenvalue weighted by Gasteiger charge is -2.32. The van der Waals surface area contributed by atoms with Crippen molar-refractivity contribution < 1.29 is 0 Å². The van der Waals surface area contributed by atoms with E-state index < -0.39 is 0 Å². The van der Waals surface area contributed by atoms with E-state index in [1.807, 2.05) is 12.1 Å². The molecule has 1 aliphatic heterocycles. The minimum atomic E-state index is 0.448. The Morgan fingerprint density at radius 1 is 1.14 bits per heavy atom. The summed E-state index contributed by atoms with van der Waals surface area (Å²) in [5.74, 6) is 0. The van der Waals surface area contributed by atoms with E-state index in [1.165, 1.54) is 16.6 Å². The molecule has 1 aromatic carbocycles. The number of rotatable bonds is 3. The molecule has 0 aliphatic carbocycles. The van der Waals surface area contributed by atoms with Crippen molar-refractivity contribution >= 4 is 22.5 Å². The Labute approximate surface area is 132 Å². The summed E-state index contributed by atoms with van der Waals surface area (Å²) in [6, 6.07) is 8.92. The Bertz CT molecular complexity index is 624. The monoisotopic (exact) mass is 305 g/mol. The van der Waals surface area contributed by atoms with Crippen molar-refractivity contribution in [3.63, 3.8) is 0 Å². The fourth-order valence-corrected chi connectivity index (χ4v) is 3.46. The number of nitrogens with zero attached hydrogens (tertiary/aromatic N) is 3. The molecular weight excluding hydrogens is 282 g/mol. The van der Waals surface area contributed by atoms with Gasteiger partial charge >= 0.3 is 0 Å². The van der Waals surface area contributed by atoms with Crippen molar-refractivity contribution in [1.29, 1.82) is 0 Å². The number of piperazine rings is 1. The molecule has 4 heteroatoms. The highest BCUT2D eigenvalue weighted by Crippen LogP contribution is 2.30. The largest absolute Gasteiger partial charge is 0.341 e. The number of likely N-dealkylation sites (N-methyl/N-ethyl adjacent to an activating group) is 1. The molecule has 1 aliphatic rings. The van der Waals surface area contributed by atoms with Crippen molar-refractivity contribution in [2.24, 2.45) is 0 Å². The van der Waals surface area contributed by atoms with Crippen molar-refractivity contribution in [3.05, 3.63) is 35.0 Å². The van der Waals surface area contributed by atoms with Gasteiger partial charge in [-0.05, 0) is 39.1 Å². The molecule has 0 saturated carbocycles. The predicted molar refractivity (Wildman–Crippen MR) is 90.1 cm³/mol. The molecule has 0 radical (unpaired) electrons. The Morgan fingerprint density at radius 3 is 2.52 bits per heavy atom. The van der Waals surface area contributed by atoms with Crippen LogP contribution in [0.4, 0.5) is 0 Å². The van der Waals surface area contributed by atoms with Gasteiger partial charge in [-0.25, -0.2) is 0 Å². The van der Waals surface area contributed by atoms with Crippen molar-refractivity contribution in [2.75, 3.05) is 33.2 Å². The first-order valence-corrected chi connectivity index (χ1v) is 8.13. The molecule has 21 heavy (non-hydrogen) atoms. The maximum Gasteiger partial charge on any atom is 0.0500 e. The average Bonchev–Trinajstić information content (AvgIpc) is 2.81. The summed E-state index contributed by atoms with van der Waals surface area (Å²) >= 11 is 6.38. The first-order valence-electron chi connectivity index (χ1n) is 7.75. The van der Waals surface area contributed by atoms with Crippen LogP contribution in [0.3, 0.4) is 0 Å². The van der Waals surface area contributed by atoms with Gasteiger partial charge in [0.05, 0.1) is 0 Å². The van der Waals surface area contributed by atoms with E-state index in [0.29, 0.717) is 6.04 Å². The van der Waals surface area contributed by atoms with Crippen molar-refractivity contribution in [2.45, 2.75) is 26.4 Å². The third-order valence-corrected chi connectivity index (χ3v) is 4.74. The van der Waals surface area contributed by atoms with Crippen LogP contribution in [-0.2, 0) is 6.54 Å². The predicted octanol–water partition coefficient (Wildman–Crippen LogP) is 3.62. The van der Waals surface area contributed by atoms with Gasteiger partial charge in [0.2, 0.25) is 0 Å². The van der Waals surface area contributed by atoms with Crippen LogP contribution in [0.15, 0.2) is 24.3 Å². The van der Waals surface area contributed by atoms with Gasteiger partial charge in [-0.2, -0.15) is 0 Å². The number of aromatic nitrogens is 1. The summed E-state index contributed by atoms with van der Waals surface area (Å²) in [4.78, 5) is 4.94. The van der Waals surface area contributed by atoms with E-state index in [-0.39, 0.29) is 0 Å². The molecule has 1 aromatic heterocycles. The van der Waals surface area contributed by atoms with E-state index >= 15 is 0 Å². The molecule has 3 rings (SSSR count). The molecule has 2 aromatic rings. The lowest BCUT2D eigenvalue weighted by Crippen LogP contribution is -2.44. The highest BCUT2D eigenvalue weighted by Gasteiger charge is 2.18. The zero-order valence-electron chi connectivity index (χ0n) is 13.1. The first kappa shape index (κ1) is 14.9. The SMILES string of the molecule is CC(C)n1c(CN2CCN(C)CC2)cc2c(Cl)cccc21. The van der Waals surface area contributed by atoms with E-state index in [9.17, 15) is 0 Å². The van der Waals surface area contributed by atoms with Crippen LogP contribution in [0.5, 0.6) is 0 Å². The highest BCUT2D eigenvalue weighted by molar-refractivity contribution is 6.35. The third-order valence-electron chi connectivity index (χ3n) is 4.41. The van der Waals surface area contributed by atoms with Crippen LogP contribution in [0, 0.1) is 0 Å². The minimum Gasteiger partial charge on any atom is -0.341 e. The summed E-state index contributed by atoms with van der Waals surface area (Å²) < 4.78 is 2.43. The van der Waals surface area contributed by atoms with Crippen molar-refractivity contribution in [1.82, 2.24) is 14.4 Å². The number of fused-ring (bicyclic) bond motifs is 1. The Morgan fingerprint density at radius 2 is 1.86 bits per heavy atom. The molecule has 0 bridgehead atoms. The molecular formula is C17H24ClN3. The van der Waals surface area contributed by atoms with E-state index in [1.54, 1.807) is 0 Å². The summed E-state index contributed by atoms with van der Waals surface area (Å²) in [7, 11) is 2.20. The smallest absolute Gasteiger partial charge is 0.0500 e. The van der Waals surface area contributed by atoms with Gasteiger partial charge in [-0.15, -0.1) is 0 Å². The number of hydrogen-bond acceptors (Lipinski definition) is 2. The molecule has 0 atom stereocenters. The van der Waals surface area contributed by atoms with Gasteiger partial charge in [-0.1, -0.05) is 17.7 Å². The first-order chi connectivity index (χ1) is 10.1. The Kier molecular flexibility index (Phi) is 4.25. The maximum atomic E-state index is 6.38. The molecule has 0 amide bonds. The Balaban J connectivity index is 1.94. The number of benzene rings is 1. The standard InChI is InChI=1S/C17H24ClN3/c1-13(2)21-14(12-20-9-7-19(3)8-10-20)11-15-16(18)5-4-6-17(15)21/h4-6,11,13H,7-10,12H2,1-3H3. The Hall–Kier alpha value is -1.03. The summed E-state index contributed by atoms with van der Waals surface area (Å²) in [6.07, 6.45) is 0. The minimum absolute atomic E-state index is 0.448. The fraction of sp³-hybridized carbons (Fsp3) is 0.529. The highest BCUT2D eigenvalue weighted by atomic mass is 35.5. The van der Waals surface area contributed by atoms with Gasteiger partial charge < -0.3 is 9.47 Å². The van der Waals surface area contributed by atoms with Crippen molar-refractivity contribution in [3.8, 4) is 0 Å². The van der Waals surface area contributed by atoms with Crippen LogP contribution in [0.25, 0.3) is 10.9 Å². The van der Waals surface area contributed by atoms with E-state index in [4.69, 9.17) is 11.6 Å². The molecule has 3 nitrogen and oxygen atoms in total. The molecule has 0 unspecified atom stereocenters. The van der Waals surface area contributed by atoms with Gasteiger partial charge in [0, 0.05) is 60.4 Å². The second kappa shape index (κ2) is 5.99. The topological polar surface area (TPSA) is 11.4 Å². The molecule has 114 valence electrons. The normalized spacial score (nSPS) is 18.0. The second-order valence-corrected chi connectivity index (χ2v) is 6.76.